The number of benzene rings is 2. The van der Waals surface area contributed by atoms with Crippen molar-refractivity contribution in [2.75, 3.05) is 17.7 Å². The van der Waals surface area contributed by atoms with Crippen molar-refractivity contribution in [3.63, 3.8) is 0 Å². The van der Waals surface area contributed by atoms with Crippen molar-refractivity contribution < 1.29 is 9.53 Å². The normalized spacial score (nSPS) is 10.3. The number of carbonyl (C=O) groups is 1. The molecule has 0 fully saturated rings. The van der Waals surface area contributed by atoms with E-state index in [1.165, 1.54) is 6.20 Å². The molecule has 6 nitrogen and oxygen atoms in total. The van der Waals surface area contributed by atoms with Crippen LogP contribution in [0, 0.1) is 6.92 Å². The van der Waals surface area contributed by atoms with Gasteiger partial charge in [-0.1, -0.05) is 17.7 Å². The standard InChI is InChI=1S/C19H17ClN4O2/c1-12-10-13(20)6-7-16(12)23-19-21-9-8-17(24-19)18(25)22-14-4-3-5-15(11-14)26-2/h3-11H,1-2H3,(H,22,25)(H,21,23,24). The number of rotatable bonds is 5. The minimum atomic E-state index is -0.337. The Morgan fingerprint density at radius 3 is 2.77 bits per heavy atom. The highest BCUT2D eigenvalue weighted by Gasteiger charge is 2.10. The van der Waals surface area contributed by atoms with Crippen LogP contribution in [0.3, 0.4) is 0 Å². The molecule has 26 heavy (non-hydrogen) atoms. The van der Waals surface area contributed by atoms with Gasteiger partial charge in [0.2, 0.25) is 5.95 Å². The first-order chi connectivity index (χ1) is 12.5. The van der Waals surface area contributed by atoms with Crippen LogP contribution in [-0.4, -0.2) is 23.0 Å². The van der Waals surface area contributed by atoms with E-state index in [9.17, 15) is 4.79 Å². The Labute approximate surface area is 156 Å². The Balaban J connectivity index is 1.76. The van der Waals surface area contributed by atoms with Crippen LogP contribution in [0.15, 0.2) is 54.7 Å². The first-order valence-corrected chi connectivity index (χ1v) is 8.24. The van der Waals surface area contributed by atoms with Crippen molar-refractivity contribution in [3.8, 4) is 5.75 Å². The predicted octanol–water partition coefficient (Wildman–Crippen LogP) is 4.44. The number of nitrogens with zero attached hydrogens (tertiary/aromatic N) is 2. The smallest absolute Gasteiger partial charge is 0.274 e. The van der Waals surface area contributed by atoms with Gasteiger partial charge in [-0.15, -0.1) is 0 Å². The number of hydrogen-bond donors (Lipinski definition) is 2. The van der Waals surface area contributed by atoms with E-state index in [-0.39, 0.29) is 11.6 Å². The van der Waals surface area contributed by atoms with E-state index in [2.05, 4.69) is 20.6 Å². The van der Waals surface area contributed by atoms with Gasteiger partial charge < -0.3 is 15.4 Å². The van der Waals surface area contributed by atoms with Crippen molar-refractivity contribution in [1.82, 2.24) is 9.97 Å². The fourth-order valence-corrected chi connectivity index (χ4v) is 2.56. The Morgan fingerprint density at radius 1 is 1.15 bits per heavy atom. The van der Waals surface area contributed by atoms with Crippen LogP contribution in [0.25, 0.3) is 0 Å². The molecule has 3 aromatic rings. The molecule has 0 aliphatic rings. The van der Waals surface area contributed by atoms with Gasteiger partial charge in [0.05, 0.1) is 7.11 Å². The number of anilines is 3. The summed E-state index contributed by atoms with van der Waals surface area (Å²) in [5.74, 6) is 0.649. The molecule has 0 radical (unpaired) electrons. The van der Waals surface area contributed by atoms with Crippen molar-refractivity contribution >= 4 is 34.8 Å². The van der Waals surface area contributed by atoms with Crippen molar-refractivity contribution in [3.05, 3.63) is 71.0 Å². The minimum Gasteiger partial charge on any atom is -0.497 e. The largest absolute Gasteiger partial charge is 0.497 e. The first-order valence-electron chi connectivity index (χ1n) is 7.87. The second kappa shape index (κ2) is 7.84. The molecule has 1 aromatic heterocycles. The van der Waals surface area contributed by atoms with Gasteiger partial charge in [0.15, 0.2) is 0 Å². The summed E-state index contributed by atoms with van der Waals surface area (Å²) in [4.78, 5) is 20.9. The average molecular weight is 369 g/mol. The maximum absolute atomic E-state index is 12.4. The molecule has 1 amide bonds. The summed E-state index contributed by atoms with van der Waals surface area (Å²) in [5.41, 5.74) is 2.64. The number of nitrogens with one attached hydrogen (secondary N) is 2. The van der Waals surface area contributed by atoms with Gasteiger partial charge in [0.25, 0.3) is 5.91 Å². The molecule has 0 saturated heterocycles. The lowest BCUT2D eigenvalue weighted by atomic mass is 10.2. The second-order valence-electron chi connectivity index (χ2n) is 5.54. The first kappa shape index (κ1) is 17.7. The van der Waals surface area contributed by atoms with Crippen molar-refractivity contribution in [1.29, 1.82) is 0 Å². The zero-order chi connectivity index (χ0) is 18.5. The van der Waals surface area contributed by atoms with Gasteiger partial charge in [0.1, 0.15) is 11.4 Å². The molecular formula is C19H17ClN4O2. The number of halogens is 1. The SMILES string of the molecule is COc1cccc(NC(=O)c2ccnc(Nc3ccc(Cl)cc3C)n2)c1. The van der Waals surface area contributed by atoms with Gasteiger partial charge in [-0.3, -0.25) is 4.79 Å². The lowest BCUT2D eigenvalue weighted by molar-refractivity contribution is 0.102. The van der Waals surface area contributed by atoms with Crippen LogP contribution in [0.1, 0.15) is 16.1 Å². The third-order valence-corrected chi connectivity index (χ3v) is 3.89. The van der Waals surface area contributed by atoms with Crippen LogP contribution >= 0.6 is 11.6 Å². The highest BCUT2D eigenvalue weighted by Crippen LogP contribution is 2.22. The molecule has 0 atom stereocenters. The van der Waals surface area contributed by atoms with E-state index in [4.69, 9.17) is 16.3 Å². The van der Waals surface area contributed by atoms with Gasteiger partial charge in [-0.25, -0.2) is 9.97 Å². The van der Waals surface area contributed by atoms with Crippen LogP contribution in [-0.2, 0) is 0 Å². The third kappa shape index (κ3) is 4.29. The Hall–Kier alpha value is -3.12. The van der Waals surface area contributed by atoms with E-state index in [0.29, 0.717) is 22.4 Å². The van der Waals surface area contributed by atoms with Crippen LogP contribution < -0.4 is 15.4 Å². The molecule has 0 spiro atoms. The minimum absolute atomic E-state index is 0.247. The number of aromatic nitrogens is 2. The molecule has 0 saturated carbocycles. The maximum atomic E-state index is 12.4. The number of ether oxygens (including phenoxy) is 1. The van der Waals surface area contributed by atoms with Gasteiger partial charge in [-0.05, 0) is 48.9 Å². The van der Waals surface area contributed by atoms with E-state index in [0.717, 1.165) is 11.3 Å². The second-order valence-corrected chi connectivity index (χ2v) is 5.97. The van der Waals surface area contributed by atoms with Gasteiger partial charge in [0, 0.05) is 28.7 Å². The summed E-state index contributed by atoms with van der Waals surface area (Å²) in [6, 6.07) is 14.1. The molecule has 0 bridgehead atoms. The molecular weight excluding hydrogens is 352 g/mol. The predicted molar refractivity (Wildman–Crippen MR) is 102 cm³/mol. The number of aryl methyl sites for hydroxylation is 1. The number of amides is 1. The molecule has 2 N–H and O–H groups in total. The summed E-state index contributed by atoms with van der Waals surface area (Å²) in [6.45, 7) is 1.92. The molecule has 7 heteroatoms. The van der Waals surface area contributed by atoms with Crippen LogP contribution in [0.5, 0.6) is 5.75 Å². The van der Waals surface area contributed by atoms with Crippen molar-refractivity contribution in [2.45, 2.75) is 6.92 Å². The summed E-state index contributed by atoms with van der Waals surface area (Å²) in [5, 5.41) is 6.54. The Kier molecular flexibility index (Phi) is 5.34. The molecule has 2 aromatic carbocycles. The molecule has 1 heterocycles. The van der Waals surface area contributed by atoms with Crippen molar-refractivity contribution in [2.24, 2.45) is 0 Å². The highest BCUT2D eigenvalue weighted by molar-refractivity contribution is 6.30. The highest BCUT2D eigenvalue weighted by atomic mass is 35.5. The average Bonchev–Trinajstić information content (AvgIpc) is 2.64. The summed E-state index contributed by atoms with van der Waals surface area (Å²) >= 11 is 5.96. The summed E-state index contributed by atoms with van der Waals surface area (Å²) < 4.78 is 5.15. The molecule has 0 unspecified atom stereocenters. The third-order valence-electron chi connectivity index (χ3n) is 3.65. The molecule has 0 aliphatic heterocycles. The van der Waals surface area contributed by atoms with Gasteiger partial charge in [-0.2, -0.15) is 0 Å². The fourth-order valence-electron chi connectivity index (χ4n) is 2.33. The van der Waals surface area contributed by atoms with Gasteiger partial charge >= 0.3 is 0 Å². The quantitative estimate of drug-likeness (QED) is 0.696. The van der Waals surface area contributed by atoms with E-state index < -0.39 is 0 Å². The zero-order valence-electron chi connectivity index (χ0n) is 14.3. The molecule has 0 aliphatic carbocycles. The number of hydrogen-bond acceptors (Lipinski definition) is 5. The Bertz CT molecular complexity index is 946. The maximum Gasteiger partial charge on any atom is 0.274 e. The lowest BCUT2D eigenvalue weighted by Gasteiger charge is -2.10. The van der Waals surface area contributed by atoms with E-state index >= 15 is 0 Å². The van der Waals surface area contributed by atoms with E-state index in [1.807, 2.05) is 19.1 Å². The topological polar surface area (TPSA) is 76.1 Å². The summed E-state index contributed by atoms with van der Waals surface area (Å²) in [6.07, 6.45) is 1.53. The number of methoxy groups -OCH3 is 1. The zero-order valence-corrected chi connectivity index (χ0v) is 15.0. The molecule has 3 rings (SSSR count). The van der Waals surface area contributed by atoms with Crippen LogP contribution in [0.2, 0.25) is 5.02 Å². The Morgan fingerprint density at radius 2 is 2.00 bits per heavy atom. The van der Waals surface area contributed by atoms with E-state index in [1.54, 1.807) is 43.5 Å². The summed E-state index contributed by atoms with van der Waals surface area (Å²) in [7, 11) is 1.57. The van der Waals surface area contributed by atoms with Crippen LogP contribution in [0.4, 0.5) is 17.3 Å². The fraction of sp³-hybridized carbons (Fsp3) is 0.105. The number of carbonyl (C=O) groups excluding carboxylic acids is 1. The molecule has 132 valence electrons. The monoisotopic (exact) mass is 368 g/mol. The lowest BCUT2D eigenvalue weighted by Crippen LogP contribution is -2.14.